The van der Waals surface area contributed by atoms with Crippen LogP contribution in [0.15, 0.2) is 67.0 Å². The maximum absolute atomic E-state index is 13.5. The van der Waals surface area contributed by atoms with Gasteiger partial charge in [-0.25, -0.2) is 14.2 Å². The number of urea groups is 1. The Morgan fingerprint density at radius 1 is 1.10 bits per heavy atom. The second kappa shape index (κ2) is 8.69. The monoisotopic (exact) mass is 405 g/mol. The van der Waals surface area contributed by atoms with Crippen LogP contribution in [0, 0.1) is 5.82 Å². The smallest absolute Gasteiger partial charge is 0.320 e. The van der Waals surface area contributed by atoms with Gasteiger partial charge in [-0.1, -0.05) is 18.2 Å². The van der Waals surface area contributed by atoms with Gasteiger partial charge in [0.2, 0.25) is 5.91 Å². The second-order valence-electron chi connectivity index (χ2n) is 6.99. The lowest BCUT2D eigenvalue weighted by atomic mass is 9.98. The quantitative estimate of drug-likeness (QED) is 0.681. The summed E-state index contributed by atoms with van der Waals surface area (Å²) in [5, 5.41) is 5.38. The standard InChI is InChI=1S/C22H20FN5O2/c23-17-5-3-4-15(10-17)16-11-21(29)28(14-16)19-7-9-25-20(12-19)27-22(30)26-13-18-6-1-2-8-24-18/h1-10,12,16H,11,13-14H2,(H2,25,26,27,30). The van der Waals surface area contributed by atoms with Crippen LogP contribution < -0.4 is 15.5 Å². The lowest BCUT2D eigenvalue weighted by molar-refractivity contribution is -0.117. The summed E-state index contributed by atoms with van der Waals surface area (Å²) >= 11 is 0. The highest BCUT2D eigenvalue weighted by atomic mass is 19.1. The normalized spacial score (nSPS) is 15.8. The van der Waals surface area contributed by atoms with Gasteiger partial charge in [-0.3, -0.25) is 15.1 Å². The summed E-state index contributed by atoms with van der Waals surface area (Å²) in [6.07, 6.45) is 3.50. The second-order valence-corrected chi connectivity index (χ2v) is 6.99. The molecule has 1 fully saturated rings. The Hall–Kier alpha value is -3.81. The molecule has 0 saturated carbocycles. The fourth-order valence-electron chi connectivity index (χ4n) is 3.43. The van der Waals surface area contributed by atoms with Gasteiger partial charge in [-0.15, -0.1) is 0 Å². The fourth-order valence-corrected chi connectivity index (χ4v) is 3.43. The summed E-state index contributed by atoms with van der Waals surface area (Å²) in [6, 6.07) is 14.7. The van der Waals surface area contributed by atoms with Gasteiger partial charge in [0.15, 0.2) is 0 Å². The van der Waals surface area contributed by atoms with E-state index in [0.29, 0.717) is 24.5 Å². The largest absolute Gasteiger partial charge is 0.332 e. The van der Waals surface area contributed by atoms with Crippen LogP contribution >= 0.6 is 0 Å². The lowest BCUT2D eigenvalue weighted by Gasteiger charge is -2.18. The molecule has 1 atom stereocenters. The van der Waals surface area contributed by atoms with Crippen LogP contribution in [0.4, 0.5) is 20.7 Å². The molecule has 8 heteroatoms. The molecular weight excluding hydrogens is 385 g/mol. The predicted octanol–water partition coefficient (Wildman–Crippen LogP) is 3.46. The highest BCUT2D eigenvalue weighted by molar-refractivity contribution is 5.97. The zero-order valence-electron chi connectivity index (χ0n) is 16.1. The van der Waals surface area contributed by atoms with E-state index in [1.165, 1.54) is 18.3 Å². The highest BCUT2D eigenvalue weighted by Gasteiger charge is 2.32. The van der Waals surface area contributed by atoms with E-state index in [9.17, 15) is 14.0 Å². The van der Waals surface area contributed by atoms with E-state index in [4.69, 9.17) is 0 Å². The molecule has 4 rings (SSSR count). The van der Waals surface area contributed by atoms with Gasteiger partial charge in [0.05, 0.1) is 12.2 Å². The van der Waals surface area contributed by atoms with Crippen molar-refractivity contribution in [3.8, 4) is 0 Å². The Kier molecular flexibility index (Phi) is 5.65. The summed E-state index contributed by atoms with van der Waals surface area (Å²) in [4.78, 5) is 34.6. The Bertz CT molecular complexity index is 1060. The van der Waals surface area contributed by atoms with Crippen LogP contribution in [0.1, 0.15) is 23.6 Å². The number of carbonyl (C=O) groups is 2. The van der Waals surface area contributed by atoms with Gasteiger partial charge in [-0.2, -0.15) is 0 Å². The van der Waals surface area contributed by atoms with Crippen LogP contribution in [0.5, 0.6) is 0 Å². The number of halogens is 1. The minimum absolute atomic E-state index is 0.0546. The number of aromatic nitrogens is 2. The first kappa shape index (κ1) is 19.5. The van der Waals surface area contributed by atoms with Crippen molar-refractivity contribution in [2.24, 2.45) is 0 Å². The maximum Gasteiger partial charge on any atom is 0.320 e. The Balaban J connectivity index is 1.40. The van der Waals surface area contributed by atoms with Crippen molar-refractivity contribution in [2.75, 3.05) is 16.8 Å². The van der Waals surface area contributed by atoms with Crippen molar-refractivity contribution in [3.63, 3.8) is 0 Å². The van der Waals surface area contributed by atoms with E-state index >= 15 is 0 Å². The molecule has 1 unspecified atom stereocenters. The van der Waals surface area contributed by atoms with Crippen LogP contribution in [-0.4, -0.2) is 28.5 Å². The fraction of sp³-hybridized carbons (Fsp3) is 0.182. The third kappa shape index (κ3) is 4.60. The number of benzene rings is 1. The van der Waals surface area contributed by atoms with E-state index < -0.39 is 6.03 Å². The molecule has 2 N–H and O–H groups in total. The summed E-state index contributed by atoms with van der Waals surface area (Å²) in [7, 11) is 0. The molecule has 0 radical (unpaired) electrons. The molecule has 1 aliphatic heterocycles. The van der Waals surface area contributed by atoms with Gasteiger partial charge < -0.3 is 10.2 Å². The number of rotatable bonds is 5. The van der Waals surface area contributed by atoms with Crippen molar-refractivity contribution < 1.29 is 14.0 Å². The van der Waals surface area contributed by atoms with Crippen molar-refractivity contribution >= 4 is 23.4 Å². The molecule has 0 aliphatic carbocycles. The third-order valence-electron chi connectivity index (χ3n) is 4.90. The Morgan fingerprint density at radius 3 is 2.80 bits per heavy atom. The van der Waals surface area contributed by atoms with Crippen molar-refractivity contribution in [1.29, 1.82) is 0 Å². The van der Waals surface area contributed by atoms with Gasteiger partial charge in [0, 0.05) is 43.0 Å². The molecule has 3 heterocycles. The number of anilines is 2. The van der Waals surface area contributed by atoms with Crippen molar-refractivity contribution in [2.45, 2.75) is 18.9 Å². The summed E-state index contributed by atoms with van der Waals surface area (Å²) in [6.45, 7) is 0.726. The molecule has 1 saturated heterocycles. The minimum Gasteiger partial charge on any atom is -0.332 e. The van der Waals surface area contributed by atoms with E-state index in [1.54, 1.807) is 35.4 Å². The molecule has 0 spiro atoms. The average molecular weight is 405 g/mol. The lowest BCUT2D eigenvalue weighted by Crippen LogP contribution is -2.29. The number of nitrogens with one attached hydrogen (secondary N) is 2. The van der Waals surface area contributed by atoms with Crippen LogP contribution in [0.3, 0.4) is 0 Å². The van der Waals surface area contributed by atoms with Crippen molar-refractivity contribution in [1.82, 2.24) is 15.3 Å². The molecule has 1 aliphatic rings. The molecule has 0 bridgehead atoms. The number of pyridine rings is 2. The highest BCUT2D eigenvalue weighted by Crippen LogP contribution is 2.32. The molecule has 30 heavy (non-hydrogen) atoms. The molecule has 1 aromatic carbocycles. The number of hydrogen-bond acceptors (Lipinski definition) is 4. The van der Waals surface area contributed by atoms with Crippen LogP contribution in [0.25, 0.3) is 0 Å². The molecule has 2 aromatic heterocycles. The number of nitrogens with zero attached hydrogens (tertiary/aromatic N) is 3. The topological polar surface area (TPSA) is 87.2 Å². The van der Waals surface area contributed by atoms with Gasteiger partial charge in [0.25, 0.3) is 0 Å². The molecular formula is C22H20FN5O2. The van der Waals surface area contributed by atoms with E-state index in [2.05, 4.69) is 20.6 Å². The summed E-state index contributed by atoms with van der Waals surface area (Å²) in [5.74, 6) is -0.126. The number of carbonyl (C=O) groups excluding carboxylic acids is 2. The molecule has 7 nitrogen and oxygen atoms in total. The third-order valence-corrected chi connectivity index (χ3v) is 4.90. The number of hydrogen-bond donors (Lipinski definition) is 2. The SMILES string of the molecule is O=C(NCc1ccccn1)Nc1cc(N2CC(c3cccc(F)c3)CC2=O)ccn1. The first-order valence-electron chi connectivity index (χ1n) is 9.55. The average Bonchev–Trinajstić information content (AvgIpc) is 3.15. The first-order valence-corrected chi connectivity index (χ1v) is 9.55. The van der Waals surface area contributed by atoms with Crippen LogP contribution in [0.2, 0.25) is 0 Å². The summed E-state index contributed by atoms with van der Waals surface area (Å²) in [5.41, 5.74) is 2.17. The summed E-state index contributed by atoms with van der Waals surface area (Å²) < 4.78 is 13.5. The molecule has 152 valence electrons. The van der Waals surface area contributed by atoms with Gasteiger partial charge >= 0.3 is 6.03 Å². The van der Waals surface area contributed by atoms with Crippen molar-refractivity contribution in [3.05, 3.63) is 84.1 Å². The number of amides is 3. The zero-order chi connectivity index (χ0) is 20.9. The van der Waals surface area contributed by atoms with E-state index in [0.717, 1.165) is 11.3 Å². The van der Waals surface area contributed by atoms with E-state index in [1.807, 2.05) is 18.2 Å². The van der Waals surface area contributed by atoms with Gasteiger partial charge in [-0.05, 0) is 35.9 Å². The van der Waals surface area contributed by atoms with E-state index in [-0.39, 0.29) is 24.2 Å². The maximum atomic E-state index is 13.5. The Morgan fingerprint density at radius 2 is 2.00 bits per heavy atom. The van der Waals surface area contributed by atoms with Gasteiger partial charge in [0.1, 0.15) is 11.6 Å². The predicted molar refractivity (Wildman–Crippen MR) is 110 cm³/mol. The molecule has 3 amide bonds. The minimum atomic E-state index is -0.421. The zero-order valence-corrected chi connectivity index (χ0v) is 16.1. The Labute approximate surface area is 173 Å². The first-order chi connectivity index (χ1) is 14.6. The van der Waals surface area contributed by atoms with Crippen LogP contribution in [-0.2, 0) is 11.3 Å². The molecule has 3 aromatic rings.